The van der Waals surface area contributed by atoms with E-state index < -0.39 is 0 Å². The lowest BCUT2D eigenvalue weighted by molar-refractivity contribution is 0.0991. The maximum Gasteiger partial charge on any atom is 0.172 e. The number of carbonyl (C=O) groups excluding carboxylic acids is 1. The monoisotopic (exact) mass is 154 g/mol. The maximum atomic E-state index is 11.1. The van der Waals surface area contributed by atoms with E-state index in [2.05, 4.69) is 0 Å². The summed E-state index contributed by atoms with van der Waals surface area (Å²) in [4.78, 5) is 12.0. The van der Waals surface area contributed by atoms with Gasteiger partial charge in [-0.15, -0.1) is 11.3 Å². The lowest BCUT2D eigenvalue weighted by Crippen LogP contribution is -1.93. The molecule has 1 rings (SSSR count). The Balaban J connectivity index is 2.93. The van der Waals surface area contributed by atoms with Crippen molar-refractivity contribution in [2.75, 3.05) is 0 Å². The lowest BCUT2D eigenvalue weighted by Gasteiger charge is -1.92. The van der Waals surface area contributed by atoms with Crippen LogP contribution in [0.1, 0.15) is 28.6 Å². The van der Waals surface area contributed by atoms with Gasteiger partial charge >= 0.3 is 0 Å². The Morgan fingerprint density at radius 1 is 1.70 bits per heavy atom. The molecule has 1 heterocycles. The van der Waals surface area contributed by atoms with E-state index in [1.807, 2.05) is 25.3 Å². The van der Waals surface area contributed by atoms with Crippen LogP contribution in [0.2, 0.25) is 0 Å². The summed E-state index contributed by atoms with van der Waals surface area (Å²) in [6, 6.07) is 1.98. The van der Waals surface area contributed by atoms with Gasteiger partial charge in [0, 0.05) is 6.42 Å². The van der Waals surface area contributed by atoms with Gasteiger partial charge in [-0.05, 0) is 23.9 Å². The van der Waals surface area contributed by atoms with Crippen molar-refractivity contribution in [3.63, 3.8) is 0 Å². The summed E-state index contributed by atoms with van der Waals surface area (Å²) in [5.74, 6) is 0.257. The highest BCUT2D eigenvalue weighted by Gasteiger charge is 2.06. The Labute approximate surface area is 64.7 Å². The van der Waals surface area contributed by atoms with Crippen LogP contribution in [0.5, 0.6) is 0 Å². The summed E-state index contributed by atoms with van der Waals surface area (Å²) in [5, 5.41) is 1.96. The predicted octanol–water partition coefficient (Wildman–Crippen LogP) is 2.65. The molecule has 0 bridgehead atoms. The van der Waals surface area contributed by atoms with E-state index in [4.69, 9.17) is 0 Å². The molecular weight excluding hydrogens is 144 g/mol. The summed E-state index contributed by atoms with van der Waals surface area (Å²) in [6.07, 6.45) is 0.612. The summed E-state index contributed by atoms with van der Waals surface area (Å²) in [6.45, 7) is 3.86. The van der Waals surface area contributed by atoms with Crippen LogP contribution in [0.25, 0.3) is 0 Å². The van der Waals surface area contributed by atoms with Crippen molar-refractivity contribution in [1.29, 1.82) is 0 Å². The normalized spacial score (nSPS) is 9.80. The van der Waals surface area contributed by atoms with E-state index in [1.165, 1.54) is 11.3 Å². The van der Waals surface area contributed by atoms with Crippen LogP contribution in [0, 0.1) is 6.92 Å². The molecule has 0 atom stereocenters. The smallest absolute Gasteiger partial charge is 0.172 e. The van der Waals surface area contributed by atoms with Crippen molar-refractivity contribution in [1.82, 2.24) is 0 Å². The highest BCUT2D eigenvalue weighted by molar-refractivity contribution is 7.12. The zero-order valence-electron chi connectivity index (χ0n) is 6.18. The Morgan fingerprint density at radius 2 is 2.40 bits per heavy atom. The Hall–Kier alpha value is -0.630. The largest absolute Gasteiger partial charge is 0.293 e. The zero-order chi connectivity index (χ0) is 7.56. The van der Waals surface area contributed by atoms with Crippen LogP contribution in [0.15, 0.2) is 11.4 Å². The van der Waals surface area contributed by atoms with Crippen LogP contribution in [-0.4, -0.2) is 5.78 Å². The van der Waals surface area contributed by atoms with E-state index in [0.717, 1.165) is 10.4 Å². The summed E-state index contributed by atoms with van der Waals surface area (Å²) in [5.41, 5.74) is 1.11. The van der Waals surface area contributed by atoms with Gasteiger partial charge in [0.1, 0.15) is 0 Å². The van der Waals surface area contributed by atoms with E-state index in [0.29, 0.717) is 6.42 Å². The molecule has 10 heavy (non-hydrogen) atoms. The molecule has 0 amide bonds. The molecule has 1 aromatic heterocycles. The first kappa shape index (κ1) is 7.48. The molecule has 0 spiro atoms. The Bertz CT molecular complexity index is 237. The molecule has 0 radical (unpaired) electrons. The molecule has 1 nitrogen and oxygen atoms in total. The summed E-state index contributed by atoms with van der Waals surface area (Å²) < 4.78 is 0. The topological polar surface area (TPSA) is 17.1 Å². The maximum absolute atomic E-state index is 11.1. The number of ketones is 1. The van der Waals surface area contributed by atoms with Gasteiger partial charge in [-0.2, -0.15) is 0 Å². The first-order valence-electron chi connectivity index (χ1n) is 3.33. The second-order valence-corrected chi connectivity index (χ2v) is 3.13. The number of rotatable bonds is 2. The summed E-state index contributed by atoms with van der Waals surface area (Å²) >= 11 is 1.53. The minimum Gasteiger partial charge on any atom is -0.293 e. The fourth-order valence-corrected chi connectivity index (χ4v) is 1.76. The van der Waals surface area contributed by atoms with Gasteiger partial charge in [0.2, 0.25) is 0 Å². The van der Waals surface area contributed by atoms with E-state index >= 15 is 0 Å². The molecule has 1 aromatic rings. The zero-order valence-corrected chi connectivity index (χ0v) is 6.99. The Morgan fingerprint density at radius 3 is 2.80 bits per heavy atom. The van der Waals surface area contributed by atoms with E-state index in [-0.39, 0.29) is 5.78 Å². The minimum absolute atomic E-state index is 0.257. The third kappa shape index (κ3) is 1.27. The van der Waals surface area contributed by atoms with Crippen LogP contribution in [0.4, 0.5) is 0 Å². The quantitative estimate of drug-likeness (QED) is 0.598. The number of hydrogen-bond donors (Lipinski definition) is 0. The molecule has 0 aliphatic rings. The molecule has 0 aliphatic carbocycles. The predicted molar refractivity (Wildman–Crippen MR) is 43.7 cm³/mol. The minimum atomic E-state index is 0.257. The van der Waals surface area contributed by atoms with Gasteiger partial charge in [-0.3, -0.25) is 4.79 Å². The number of aryl methyl sites for hydroxylation is 1. The third-order valence-electron chi connectivity index (χ3n) is 1.44. The second kappa shape index (κ2) is 2.97. The highest BCUT2D eigenvalue weighted by Crippen LogP contribution is 2.16. The van der Waals surface area contributed by atoms with Crippen LogP contribution >= 0.6 is 11.3 Å². The fourth-order valence-electron chi connectivity index (χ4n) is 0.819. The van der Waals surface area contributed by atoms with Gasteiger partial charge in [-0.1, -0.05) is 6.92 Å². The van der Waals surface area contributed by atoms with Gasteiger partial charge in [-0.25, -0.2) is 0 Å². The van der Waals surface area contributed by atoms with Crippen molar-refractivity contribution in [3.05, 3.63) is 21.9 Å². The van der Waals surface area contributed by atoms with Crippen LogP contribution in [0.3, 0.4) is 0 Å². The molecule has 0 fully saturated rings. The molecule has 0 aromatic carbocycles. The molecule has 0 unspecified atom stereocenters. The van der Waals surface area contributed by atoms with Gasteiger partial charge in [0.25, 0.3) is 0 Å². The van der Waals surface area contributed by atoms with Crippen molar-refractivity contribution in [3.8, 4) is 0 Å². The van der Waals surface area contributed by atoms with Crippen LogP contribution < -0.4 is 0 Å². The number of thiophene rings is 1. The average molecular weight is 154 g/mol. The molecule has 54 valence electrons. The standard InChI is InChI=1S/C8H10OS/c1-3-7(9)8-6(2)4-5-10-8/h4-5H,3H2,1-2H3. The van der Waals surface area contributed by atoms with Gasteiger partial charge < -0.3 is 0 Å². The number of carbonyl (C=O) groups is 1. The highest BCUT2D eigenvalue weighted by atomic mass is 32.1. The van der Waals surface area contributed by atoms with Crippen molar-refractivity contribution >= 4 is 17.1 Å². The van der Waals surface area contributed by atoms with E-state index in [1.54, 1.807) is 0 Å². The van der Waals surface area contributed by atoms with Crippen molar-refractivity contribution in [2.24, 2.45) is 0 Å². The average Bonchev–Trinajstić information content (AvgIpc) is 2.34. The fraction of sp³-hybridized carbons (Fsp3) is 0.375. The molecule has 0 aliphatic heterocycles. The summed E-state index contributed by atoms with van der Waals surface area (Å²) in [7, 11) is 0. The van der Waals surface area contributed by atoms with Crippen molar-refractivity contribution < 1.29 is 4.79 Å². The second-order valence-electron chi connectivity index (χ2n) is 2.21. The molecular formula is C8H10OS. The molecule has 0 saturated carbocycles. The van der Waals surface area contributed by atoms with Crippen molar-refractivity contribution in [2.45, 2.75) is 20.3 Å². The van der Waals surface area contributed by atoms with Gasteiger partial charge in [0.05, 0.1) is 4.88 Å². The number of Topliss-reactive ketones (excluding diaryl/α,β-unsaturated/α-hetero) is 1. The molecule has 0 N–H and O–H groups in total. The third-order valence-corrected chi connectivity index (χ3v) is 2.49. The van der Waals surface area contributed by atoms with E-state index in [9.17, 15) is 4.79 Å². The van der Waals surface area contributed by atoms with Gasteiger partial charge in [0.15, 0.2) is 5.78 Å². The first-order chi connectivity index (χ1) is 4.75. The molecule has 0 saturated heterocycles. The first-order valence-corrected chi connectivity index (χ1v) is 4.21. The number of hydrogen-bond acceptors (Lipinski definition) is 2. The SMILES string of the molecule is CCC(=O)c1sccc1C. The Kier molecular flexibility index (Phi) is 2.22. The lowest BCUT2D eigenvalue weighted by atomic mass is 10.2. The van der Waals surface area contributed by atoms with Crippen LogP contribution in [-0.2, 0) is 0 Å². The molecule has 2 heteroatoms.